The highest BCUT2D eigenvalue weighted by Gasteiger charge is 2.17. The molecular formula is C23H32N3O2+. The first-order valence-electron chi connectivity index (χ1n) is 9.85. The fourth-order valence-electron chi connectivity index (χ4n) is 3.22. The van der Waals surface area contributed by atoms with E-state index in [0.29, 0.717) is 0 Å². The van der Waals surface area contributed by atoms with Gasteiger partial charge in [-0.1, -0.05) is 49.4 Å². The maximum atomic E-state index is 12.3. The SMILES string of the molecule is CCc1ccc([C@@H](C)NC(=O)C[NH+](C)CC(=O)Nc2c(C)cccc2C)cc1. The van der Waals surface area contributed by atoms with Crippen molar-refractivity contribution in [1.82, 2.24) is 5.32 Å². The van der Waals surface area contributed by atoms with Crippen molar-refractivity contribution in [3.63, 3.8) is 0 Å². The molecule has 5 heteroatoms. The van der Waals surface area contributed by atoms with Crippen LogP contribution in [0, 0.1) is 13.8 Å². The predicted octanol–water partition coefficient (Wildman–Crippen LogP) is 2.20. The van der Waals surface area contributed by atoms with Gasteiger partial charge in [0.25, 0.3) is 11.8 Å². The lowest BCUT2D eigenvalue weighted by atomic mass is 10.1. The second-order valence-electron chi connectivity index (χ2n) is 7.51. The van der Waals surface area contributed by atoms with Gasteiger partial charge in [0.1, 0.15) is 0 Å². The van der Waals surface area contributed by atoms with Crippen molar-refractivity contribution in [3.05, 3.63) is 64.7 Å². The molecule has 0 aromatic heterocycles. The van der Waals surface area contributed by atoms with Crippen molar-refractivity contribution in [3.8, 4) is 0 Å². The molecule has 0 aliphatic carbocycles. The standard InChI is InChI=1S/C23H31N3O2/c1-6-19-10-12-20(13-11-19)18(4)24-21(27)14-26(5)15-22(28)25-23-16(2)8-7-9-17(23)3/h7-13,18H,6,14-15H2,1-5H3,(H,24,27)(H,25,28)/p+1/t18-/m1/s1. The van der Waals surface area contributed by atoms with Gasteiger partial charge in [0.05, 0.1) is 13.1 Å². The van der Waals surface area contributed by atoms with E-state index in [9.17, 15) is 9.59 Å². The Labute approximate surface area is 168 Å². The Hall–Kier alpha value is -2.66. The molecule has 0 aliphatic rings. The predicted molar refractivity (Wildman–Crippen MR) is 114 cm³/mol. The molecule has 5 nitrogen and oxygen atoms in total. The molecule has 0 radical (unpaired) electrons. The van der Waals surface area contributed by atoms with Gasteiger partial charge < -0.3 is 15.5 Å². The fourth-order valence-corrected chi connectivity index (χ4v) is 3.22. The van der Waals surface area contributed by atoms with Gasteiger partial charge in [-0.15, -0.1) is 0 Å². The number of likely N-dealkylation sites (N-methyl/N-ethyl adjacent to an activating group) is 1. The van der Waals surface area contributed by atoms with E-state index in [2.05, 4.69) is 41.8 Å². The molecule has 1 unspecified atom stereocenters. The molecule has 0 aliphatic heterocycles. The van der Waals surface area contributed by atoms with Crippen molar-refractivity contribution in [2.24, 2.45) is 0 Å². The van der Waals surface area contributed by atoms with Crippen LogP contribution in [0.25, 0.3) is 0 Å². The Morgan fingerprint density at radius 1 is 0.964 bits per heavy atom. The van der Waals surface area contributed by atoms with Gasteiger partial charge in [-0.3, -0.25) is 9.59 Å². The summed E-state index contributed by atoms with van der Waals surface area (Å²) in [7, 11) is 1.85. The van der Waals surface area contributed by atoms with Crippen LogP contribution in [0.2, 0.25) is 0 Å². The molecule has 0 saturated heterocycles. The highest BCUT2D eigenvalue weighted by atomic mass is 16.2. The third-order valence-electron chi connectivity index (χ3n) is 4.94. The molecule has 2 amide bonds. The lowest BCUT2D eigenvalue weighted by Gasteiger charge is -2.18. The molecule has 2 aromatic rings. The largest absolute Gasteiger partial charge is 0.345 e. The number of aryl methyl sites for hydroxylation is 3. The Morgan fingerprint density at radius 2 is 1.54 bits per heavy atom. The van der Waals surface area contributed by atoms with E-state index < -0.39 is 0 Å². The summed E-state index contributed by atoms with van der Waals surface area (Å²) in [5.74, 6) is -0.157. The molecule has 0 spiro atoms. The minimum atomic E-state index is -0.0918. The van der Waals surface area contributed by atoms with Crippen LogP contribution < -0.4 is 15.5 Å². The van der Waals surface area contributed by atoms with E-state index in [0.717, 1.165) is 33.7 Å². The van der Waals surface area contributed by atoms with Crippen LogP contribution in [0.15, 0.2) is 42.5 Å². The first-order valence-corrected chi connectivity index (χ1v) is 9.85. The summed E-state index contributed by atoms with van der Waals surface area (Å²) in [6.45, 7) is 8.53. The molecule has 2 atom stereocenters. The zero-order chi connectivity index (χ0) is 20.7. The van der Waals surface area contributed by atoms with Gasteiger partial charge in [-0.25, -0.2) is 0 Å². The van der Waals surface area contributed by atoms with Crippen molar-refractivity contribution in [2.45, 2.75) is 40.2 Å². The van der Waals surface area contributed by atoms with E-state index in [1.807, 2.05) is 46.0 Å². The molecular weight excluding hydrogens is 350 g/mol. The number of carbonyl (C=O) groups is 2. The maximum absolute atomic E-state index is 12.3. The second-order valence-corrected chi connectivity index (χ2v) is 7.51. The lowest BCUT2D eigenvalue weighted by Crippen LogP contribution is -3.11. The number of hydrogen-bond acceptors (Lipinski definition) is 2. The first kappa shape index (κ1) is 21.6. The van der Waals surface area contributed by atoms with Crippen molar-refractivity contribution in [1.29, 1.82) is 0 Å². The Balaban J connectivity index is 1.83. The van der Waals surface area contributed by atoms with E-state index >= 15 is 0 Å². The Morgan fingerprint density at radius 3 is 2.11 bits per heavy atom. The third-order valence-corrected chi connectivity index (χ3v) is 4.94. The van der Waals surface area contributed by atoms with Crippen molar-refractivity contribution >= 4 is 17.5 Å². The van der Waals surface area contributed by atoms with E-state index in [1.165, 1.54) is 5.56 Å². The van der Waals surface area contributed by atoms with Crippen LogP contribution in [0.5, 0.6) is 0 Å². The fraction of sp³-hybridized carbons (Fsp3) is 0.391. The average Bonchev–Trinajstić information content (AvgIpc) is 2.64. The van der Waals surface area contributed by atoms with E-state index in [1.54, 1.807) is 0 Å². The lowest BCUT2D eigenvalue weighted by molar-refractivity contribution is -0.862. The van der Waals surface area contributed by atoms with Gasteiger partial charge in [-0.05, 0) is 49.4 Å². The number of rotatable bonds is 8. The highest BCUT2D eigenvalue weighted by Crippen LogP contribution is 2.19. The third kappa shape index (κ3) is 6.20. The van der Waals surface area contributed by atoms with Crippen LogP contribution >= 0.6 is 0 Å². The molecule has 2 rings (SSSR count). The Kier molecular flexibility index (Phi) is 7.76. The summed E-state index contributed by atoms with van der Waals surface area (Å²) in [6.07, 6.45) is 0.999. The minimum absolute atomic E-state index is 0.0605. The number of amides is 2. The zero-order valence-electron chi connectivity index (χ0n) is 17.6. The van der Waals surface area contributed by atoms with Gasteiger partial charge in [-0.2, -0.15) is 0 Å². The maximum Gasteiger partial charge on any atom is 0.279 e. The molecule has 0 fully saturated rings. The highest BCUT2D eigenvalue weighted by molar-refractivity contribution is 5.93. The number of quaternary nitrogens is 1. The average molecular weight is 383 g/mol. The molecule has 0 bridgehead atoms. The molecule has 0 heterocycles. The molecule has 2 aromatic carbocycles. The van der Waals surface area contributed by atoms with Crippen LogP contribution in [0.1, 0.15) is 42.1 Å². The molecule has 3 N–H and O–H groups in total. The first-order chi connectivity index (χ1) is 13.3. The number of carbonyl (C=O) groups excluding carboxylic acids is 2. The second kappa shape index (κ2) is 10.0. The zero-order valence-corrected chi connectivity index (χ0v) is 17.6. The van der Waals surface area contributed by atoms with Crippen LogP contribution in [-0.2, 0) is 16.0 Å². The smallest absolute Gasteiger partial charge is 0.279 e. The number of nitrogens with one attached hydrogen (secondary N) is 3. The van der Waals surface area contributed by atoms with Crippen molar-refractivity contribution < 1.29 is 14.5 Å². The Bertz CT molecular complexity index is 795. The van der Waals surface area contributed by atoms with Gasteiger partial charge in [0, 0.05) is 5.69 Å². The number of benzene rings is 2. The number of para-hydroxylation sites is 1. The summed E-state index contributed by atoms with van der Waals surface area (Å²) in [6, 6.07) is 14.1. The van der Waals surface area contributed by atoms with Crippen molar-refractivity contribution in [2.75, 3.05) is 25.5 Å². The van der Waals surface area contributed by atoms with Crippen LogP contribution in [0.3, 0.4) is 0 Å². The molecule has 28 heavy (non-hydrogen) atoms. The summed E-state index contributed by atoms with van der Waals surface area (Å²) in [4.78, 5) is 25.5. The van der Waals surface area contributed by atoms with E-state index in [-0.39, 0.29) is 30.9 Å². The summed E-state index contributed by atoms with van der Waals surface area (Å²) in [5, 5.41) is 5.98. The normalized spacial score (nSPS) is 12.9. The van der Waals surface area contributed by atoms with Gasteiger partial charge >= 0.3 is 0 Å². The topological polar surface area (TPSA) is 62.6 Å². The number of hydrogen-bond donors (Lipinski definition) is 3. The van der Waals surface area contributed by atoms with Crippen LogP contribution in [0.4, 0.5) is 5.69 Å². The van der Waals surface area contributed by atoms with E-state index in [4.69, 9.17) is 0 Å². The monoisotopic (exact) mass is 382 g/mol. The molecule has 0 saturated carbocycles. The quantitative estimate of drug-likeness (QED) is 0.655. The summed E-state index contributed by atoms with van der Waals surface area (Å²) >= 11 is 0. The van der Waals surface area contributed by atoms with Gasteiger partial charge in [0.15, 0.2) is 13.1 Å². The molecule has 150 valence electrons. The summed E-state index contributed by atoms with van der Waals surface area (Å²) in [5.41, 5.74) is 5.28. The number of anilines is 1. The minimum Gasteiger partial charge on any atom is -0.345 e. The van der Waals surface area contributed by atoms with Gasteiger partial charge in [0.2, 0.25) is 0 Å². The summed E-state index contributed by atoms with van der Waals surface area (Å²) < 4.78 is 0. The van der Waals surface area contributed by atoms with Crippen LogP contribution in [-0.4, -0.2) is 32.0 Å².